The van der Waals surface area contributed by atoms with E-state index < -0.39 is 0 Å². The monoisotopic (exact) mass is 515 g/mol. The molecule has 5 aromatic carbocycles. The molecule has 0 fully saturated rings. The second-order valence-corrected chi connectivity index (χ2v) is 9.98. The zero-order valence-corrected chi connectivity index (χ0v) is 22.0. The molecule has 7 aromatic rings. The smallest absolute Gasteiger partial charge is 0.114 e. The summed E-state index contributed by atoms with van der Waals surface area (Å²) in [6.45, 7) is 2.17. The van der Waals surface area contributed by atoms with Gasteiger partial charge in [-0.2, -0.15) is 0 Å². The van der Waals surface area contributed by atoms with Crippen LogP contribution in [0.4, 0.5) is 17.1 Å². The van der Waals surface area contributed by atoms with Gasteiger partial charge in [-0.3, -0.25) is 4.57 Å². The average Bonchev–Trinajstić information content (AvgIpc) is 3.42. The van der Waals surface area contributed by atoms with Crippen LogP contribution in [0, 0.1) is 0 Å². The van der Waals surface area contributed by atoms with Crippen LogP contribution in [0.1, 0.15) is 12.7 Å². The van der Waals surface area contributed by atoms with E-state index in [-0.39, 0.29) is 0 Å². The lowest BCUT2D eigenvalue weighted by Crippen LogP contribution is -2.19. The average molecular weight is 516 g/mol. The van der Waals surface area contributed by atoms with Crippen LogP contribution in [0.25, 0.3) is 50.3 Å². The molecule has 0 amide bonds. The van der Waals surface area contributed by atoms with Gasteiger partial charge < -0.3 is 4.90 Å². The second-order valence-electron chi connectivity index (χ2n) is 9.98. The molecule has 0 atom stereocenters. The van der Waals surface area contributed by atoms with Gasteiger partial charge in [0.25, 0.3) is 0 Å². The third-order valence-electron chi connectivity index (χ3n) is 7.66. The van der Waals surface area contributed by atoms with Gasteiger partial charge in [-0.25, -0.2) is 15.0 Å². The van der Waals surface area contributed by atoms with E-state index in [1.165, 1.54) is 0 Å². The third-order valence-corrected chi connectivity index (χ3v) is 7.66. The van der Waals surface area contributed by atoms with E-state index in [4.69, 9.17) is 15.0 Å². The van der Waals surface area contributed by atoms with E-state index in [0.29, 0.717) is 0 Å². The maximum Gasteiger partial charge on any atom is 0.114 e. The molecule has 1 aliphatic heterocycles. The lowest BCUT2D eigenvalue weighted by atomic mass is 10.00. The molecular weight excluding hydrogens is 490 g/mol. The molecule has 8 rings (SSSR count). The number of aromatic nitrogens is 4. The Morgan fingerprint density at radius 3 is 1.90 bits per heavy atom. The molecule has 0 unspecified atom stereocenters. The molecule has 0 spiro atoms. The Morgan fingerprint density at radius 2 is 1.18 bits per heavy atom. The fourth-order valence-corrected chi connectivity index (χ4v) is 5.89. The Labute approximate surface area is 232 Å². The zero-order valence-electron chi connectivity index (χ0n) is 22.0. The highest BCUT2D eigenvalue weighted by molar-refractivity contribution is 6.07. The summed E-state index contributed by atoms with van der Waals surface area (Å²) >= 11 is 0. The van der Waals surface area contributed by atoms with Crippen molar-refractivity contribution in [1.82, 2.24) is 19.5 Å². The van der Waals surface area contributed by atoms with Gasteiger partial charge >= 0.3 is 0 Å². The number of aryl methyl sites for hydroxylation is 1. The minimum atomic E-state index is 0.808. The van der Waals surface area contributed by atoms with Crippen molar-refractivity contribution in [3.05, 3.63) is 127 Å². The Hall–Kier alpha value is -5.29. The summed E-state index contributed by atoms with van der Waals surface area (Å²) in [6.07, 6.45) is 0.808. The molecule has 2 aromatic heterocycles. The fourth-order valence-electron chi connectivity index (χ4n) is 5.89. The summed E-state index contributed by atoms with van der Waals surface area (Å²) < 4.78 is 2.33. The van der Waals surface area contributed by atoms with Gasteiger partial charge in [-0.05, 0) is 48.5 Å². The summed E-state index contributed by atoms with van der Waals surface area (Å²) in [6, 6.07) is 41.9. The van der Waals surface area contributed by atoms with Crippen molar-refractivity contribution in [2.75, 3.05) is 4.90 Å². The fraction of sp³-hybridized carbons (Fsp3) is 0.0571. The van der Waals surface area contributed by atoms with E-state index in [9.17, 15) is 0 Å². The van der Waals surface area contributed by atoms with Crippen LogP contribution in [-0.2, 0) is 6.42 Å². The largest absolute Gasteiger partial charge is 0.306 e. The van der Waals surface area contributed by atoms with Crippen molar-refractivity contribution in [2.24, 2.45) is 0 Å². The van der Waals surface area contributed by atoms with Gasteiger partial charge in [0.15, 0.2) is 0 Å². The number of anilines is 3. The summed E-state index contributed by atoms with van der Waals surface area (Å²) in [4.78, 5) is 18.0. The topological polar surface area (TPSA) is 46.8 Å². The van der Waals surface area contributed by atoms with E-state index in [0.717, 1.165) is 79.6 Å². The Kier molecular flexibility index (Phi) is 5.04. The van der Waals surface area contributed by atoms with Crippen LogP contribution in [0.2, 0.25) is 0 Å². The van der Waals surface area contributed by atoms with Crippen LogP contribution >= 0.6 is 0 Å². The molecule has 0 bridgehead atoms. The number of nitrogens with zero attached hydrogens (tertiary/aromatic N) is 5. The molecule has 5 nitrogen and oxygen atoms in total. The van der Waals surface area contributed by atoms with E-state index in [1.54, 1.807) is 0 Å². The van der Waals surface area contributed by atoms with Gasteiger partial charge in [0.2, 0.25) is 0 Å². The van der Waals surface area contributed by atoms with Crippen molar-refractivity contribution >= 4 is 39.1 Å². The first-order chi connectivity index (χ1) is 19.8. The first kappa shape index (κ1) is 22.7. The summed E-state index contributed by atoms with van der Waals surface area (Å²) in [5.74, 6) is 1.03. The highest BCUT2D eigenvalue weighted by Crippen LogP contribution is 2.49. The van der Waals surface area contributed by atoms with E-state index in [1.807, 2.05) is 42.5 Å². The Morgan fingerprint density at radius 1 is 0.550 bits per heavy atom. The lowest BCUT2D eigenvalue weighted by molar-refractivity contribution is 0.900. The standard InChI is InChI=1S/C35H25N5/c1-2-31-38-34-25(33-32(23-13-5-3-6-14-23)36-26-17-9-10-18-27(26)37-33)21-22-30-35(34)40(31)29-20-12-11-19-28(29)39(30)24-15-7-4-8-16-24/h3-22H,2H2,1H3. The molecule has 0 radical (unpaired) electrons. The highest BCUT2D eigenvalue weighted by Gasteiger charge is 2.30. The maximum atomic E-state index is 5.29. The summed E-state index contributed by atoms with van der Waals surface area (Å²) in [5, 5.41) is 0. The number of benzene rings is 5. The molecule has 3 heterocycles. The Bertz CT molecular complexity index is 2040. The van der Waals surface area contributed by atoms with Crippen molar-refractivity contribution in [3.8, 4) is 28.2 Å². The Balaban J connectivity index is 1.48. The van der Waals surface area contributed by atoms with Crippen molar-refractivity contribution < 1.29 is 0 Å². The molecule has 0 N–H and O–H groups in total. The minimum Gasteiger partial charge on any atom is -0.306 e. The lowest BCUT2D eigenvalue weighted by Gasteiger charge is -2.33. The van der Waals surface area contributed by atoms with Gasteiger partial charge in [-0.15, -0.1) is 0 Å². The molecule has 0 saturated heterocycles. The molecule has 190 valence electrons. The second kappa shape index (κ2) is 8.89. The molecule has 0 aliphatic carbocycles. The van der Waals surface area contributed by atoms with Crippen LogP contribution in [0.5, 0.6) is 0 Å². The normalized spacial score (nSPS) is 12.2. The van der Waals surface area contributed by atoms with Crippen LogP contribution in [-0.4, -0.2) is 19.5 Å². The van der Waals surface area contributed by atoms with E-state index in [2.05, 4.69) is 95.3 Å². The summed E-state index contributed by atoms with van der Waals surface area (Å²) in [5.41, 5.74) is 12.0. The molecule has 1 aliphatic rings. The zero-order chi connectivity index (χ0) is 26.6. The first-order valence-corrected chi connectivity index (χ1v) is 13.6. The predicted octanol–water partition coefficient (Wildman–Crippen LogP) is 8.65. The highest BCUT2D eigenvalue weighted by atomic mass is 15.2. The summed E-state index contributed by atoms with van der Waals surface area (Å²) in [7, 11) is 0. The first-order valence-electron chi connectivity index (χ1n) is 13.6. The van der Waals surface area contributed by atoms with Gasteiger partial charge in [0, 0.05) is 23.2 Å². The molecule has 5 heteroatoms. The third kappa shape index (κ3) is 3.31. The van der Waals surface area contributed by atoms with Crippen molar-refractivity contribution in [3.63, 3.8) is 0 Å². The number of imidazole rings is 1. The predicted molar refractivity (Wildman–Crippen MR) is 163 cm³/mol. The SMILES string of the molecule is CCc1nc2c(-c3nc4ccccc4nc3-c3ccccc3)ccc3c2n1-c1ccccc1N3c1ccccc1. The van der Waals surface area contributed by atoms with Crippen LogP contribution in [0.3, 0.4) is 0 Å². The quantitative estimate of drug-likeness (QED) is 0.235. The van der Waals surface area contributed by atoms with Gasteiger partial charge in [0.1, 0.15) is 11.3 Å². The number of hydrogen-bond acceptors (Lipinski definition) is 4. The number of rotatable bonds is 4. The van der Waals surface area contributed by atoms with E-state index >= 15 is 0 Å². The molecular formula is C35H25N5. The van der Waals surface area contributed by atoms with Crippen molar-refractivity contribution in [2.45, 2.75) is 13.3 Å². The van der Waals surface area contributed by atoms with Gasteiger partial charge in [0.05, 0.1) is 45.0 Å². The number of hydrogen-bond donors (Lipinski definition) is 0. The number of para-hydroxylation sites is 5. The molecule has 40 heavy (non-hydrogen) atoms. The van der Waals surface area contributed by atoms with Crippen LogP contribution in [0.15, 0.2) is 121 Å². The maximum absolute atomic E-state index is 5.29. The minimum absolute atomic E-state index is 0.808. The molecule has 0 saturated carbocycles. The van der Waals surface area contributed by atoms with Crippen molar-refractivity contribution in [1.29, 1.82) is 0 Å². The van der Waals surface area contributed by atoms with Crippen LogP contribution < -0.4 is 4.90 Å². The number of fused-ring (bicyclic) bond motifs is 3. The van der Waals surface area contributed by atoms with Gasteiger partial charge in [-0.1, -0.05) is 79.7 Å².